The Bertz CT molecular complexity index is 1460. The Labute approximate surface area is 233 Å². The van der Waals surface area contributed by atoms with Crippen LogP contribution < -0.4 is 14.4 Å². The second-order valence-corrected chi connectivity index (χ2v) is 13.4. The summed E-state index contributed by atoms with van der Waals surface area (Å²) in [7, 11) is -3.06. The molecular weight excluding hydrogens is 542 g/mol. The highest BCUT2D eigenvalue weighted by Crippen LogP contribution is 2.34. The molecule has 39 heavy (non-hydrogen) atoms. The second kappa shape index (κ2) is 12.3. The van der Waals surface area contributed by atoms with Gasteiger partial charge >= 0.3 is 0 Å². The normalized spacial score (nSPS) is 12.6. The topological polar surface area (TPSA) is 95.3 Å². The molecule has 0 saturated carbocycles. The number of aryl methyl sites for hydroxylation is 1. The van der Waals surface area contributed by atoms with Crippen molar-refractivity contribution >= 4 is 32.2 Å². The summed E-state index contributed by atoms with van der Waals surface area (Å²) in [5, 5.41) is 12.1. The maximum Gasteiger partial charge on any atom is 0.269 e. The Balaban J connectivity index is 2.00. The van der Waals surface area contributed by atoms with Crippen LogP contribution in [0.5, 0.6) is 5.75 Å². The van der Waals surface area contributed by atoms with Crippen molar-refractivity contribution in [3.63, 3.8) is 0 Å². The Morgan fingerprint density at radius 1 is 1.23 bits per heavy atom. The highest BCUT2D eigenvalue weighted by Gasteiger charge is 2.32. The van der Waals surface area contributed by atoms with E-state index in [2.05, 4.69) is 38.0 Å². The fourth-order valence-corrected chi connectivity index (χ4v) is 6.66. The lowest BCUT2D eigenvalue weighted by Gasteiger charge is -2.26. The number of halogens is 2. The molecule has 11 heteroatoms. The predicted molar refractivity (Wildman–Crippen MR) is 151 cm³/mol. The molecule has 1 atom stereocenters. The number of aromatic nitrogens is 1. The van der Waals surface area contributed by atoms with Crippen LogP contribution >= 0.6 is 11.3 Å². The van der Waals surface area contributed by atoms with Gasteiger partial charge in [0.05, 0.1) is 31.1 Å². The molecule has 1 aromatic heterocycles. The first-order valence-electron chi connectivity index (χ1n) is 12.5. The lowest BCUT2D eigenvalue weighted by atomic mass is 9.83. The van der Waals surface area contributed by atoms with Crippen molar-refractivity contribution in [2.75, 3.05) is 23.3 Å². The minimum absolute atomic E-state index is 0.00789. The molecule has 7 nitrogen and oxygen atoms in total. The van der Waals surface area contributed by atoms with Crippen molar-refractivity contribution in [1.82, 2.24) is 4.98 Å². The van der Waals surface area contributed by atoms with Crippen LogP contribution in [0.15, 0.2) is 41.4 Å². The molecule has 0 bridgehead atoms. The minimum atomic E-state index is -4.58. The third kappa shape index (κ3) is 7.46. The van der Waals surface area contributed by atoms with E-state index in [4.69, 9.17) is 4.74 Å². The van der Waals surface area contributed by atoms with E-state index in [-0.39, 0.29) is 34.3 Å². The number of anilines is 2. The summed E-state index contributed by atoms with van der Waals surface area (Å²) in [5.41, 5.74) is 1.64. The Morgan fingerprint density at radius 3 is 2.49 bits per heavy atom. The third-order valence-electron chi connectivity index (χ3n) is 6.36. The lowest BCUT2D eigenvalue weighted by Crippen LogP contribution is -2.31. The van der Waals surface area contributed by atoms with Crippen LogP contribution in [0.2, 0.25) is 0 Å². The van der Waals surface area contributed by atoms with Gasteiger partial charge in [-0.2, -0.15) is 9.65 Å². The number of ether oxygens (including phenoxy) is 1. The minimum Gasteiger partial charge on any atom is -0.497 e. The summed E-state index contributed by atoms with van der Waals surface area (Å²) in [5.74, 6) is -0.147. The number of nitrogens with zero attached hydrogens (tertiary/aromatic N) is 3. The maximum absolute atomic E-state index is 15.5. The quantitative estimate of drug-likeness (QED) is 0.267. The number of hydrogen-bond donors (Lipinski definition) is 1. The largest absolute Gasteiger partial charge is 0.497 e. The summed E-state index contributed by atoms with van der Waals surface area (Å²) in [6.45, 7) is 10.6. The predicted octanol–water partition coefficient (Wildman–Crippen LogP) is 6.88. The van der Waals surface area contributed by atoms with E-state index in [1.165, 1.54) is 7.11 Å². The van der Waals surface area contributed by atoms with Gasteiger partial charge in [-0.05, 0) is 60.1 Å². The highest BCUT2D eigenvalue weighted by atomic mass is 32.2. The van der Waals surface area contributed by atoms with Gasteiger partial charge in [-0.25, -0.2) is 22.1 Å². The molecule has 3 aromatic rings. The number of rotatable bonds is 11. The summed E-state index contributed by atoms with van der Waals surface area (Å²) in [4.78, 5) is 3.22. The van der Waals surface area contributed by atoms with E-state index in [0.717, 1.165) is 41.0 Å². The number of benzene rings is 2. The van der Waals surface area contributed by atoms with Crippen LogP contribution in [0.1, 0.15) is 57.2 Å². The fraction of sp³-hybridized carbons (Fsp3) is 0.429. The molecule has 0 aliphatic heterocycles. The number of methoxy groups -OCH3 is 1. The molecule has 0 fully saturated rings. The molecule has 2 aromatic carbocycles. The van der Waals surface area contributed by atoms with E-state index < -0.39 is 25.9 Å². The highest BCUT2D eigenvalue weighted by molar-refractivity contribution is 7.93. The van der Waals surface area contributed by atoms with Crippen molar-refractivity contribution in [1.29, 1.82) is 5.26 Å². The zero-order valence-electron chi connectivity index (χ0n) is 23.0. The van der Waals surface area contributed by atoms with Gasteiger partial charge in [0.1, 0.15) is 22.5 Å². The van der Waals surface area contributed by atoms with Gasteiger partial charge in [-0.15, -0.1) is 0 Å². The van der Waals surface area contributed by atoms with Crippen LogP contribution in [0, 0.1) is 40.5 Å². The first kappa shape index (κ1) is 30.3. The van der Waals surface area contributed by atoms with E-state index >= 15 is 4.39 Å². The van der Waals surface area contributed by atoms with Crippen molar-refractivity contribution in [3.05, 3.63) is 64.2 Å². The fourth-order valence-electron chi connectivity index (χ4n) is 4.33. The summed E-state index contributed by atoms with van der Waals surface area (Å²) >= 11 is 0.532. The van der Waals surface area contributed by atoms with E-state index in [0.29, 0.717) is 29.2 Å². The molecule has 1 N–H and O–H groups in total. The molecule has 0 saturated heterocycles. The van der Waals surface area contributed by atoms with E-state index in [1.54, 1.807) is 25.1 Å². The molecule has 1 heterocycles. The van der Waals surface area contributed by atoms with Crippen molar-refractivity contribution in [2.45, 2.75) is 58.9 Å². The molecule has 3 rings (SSSR count). The van der Waals surface area contributed by atoms with Crippen LogP contribution in [-0.4, -0.2) is 27.1 Å². The van der Waals surface area contributed by atoms with Gasteiger partial charge in [0.15, 0.2) is 5.13 Å². The zero-order chi connectivity index (χ0) is 29.0. The van der Waals surface area contributed by atoms with Gasteiger partial charge in [-0.3, -0.25) is 0 Å². The van der Waals surface area contributed by atoms with Crippen LogP contribution in [0.25, 0.3) is 0 Å². The van der Waals surface area contributed by atoms with Crippen molar-refractivity contribution < 1.29 is 21.9 Å². The maximum atomic E-state index is 15.5. The molecule has 0 amide bonds. The lowest BCUT2D eigenvalue weighted by molar-refractivity contribution is 0.296. The van der Waals surface area contributed by atoms with E-state index in [1.807, 2.05) is 6.07 Å². The monoisotopic (exact) mass is 576 g/mol. The van der Waals surface area contributed by atoms with Gasteiger partial charge < -0.3 is 10.1 Å². The average molecular weight is 577 g/mol. The zero-order valence-corrected chi connectivity index (χ0v) is 24.6. The Morgan fingerprint density at radius 2 is 1.95 bits per heavy atom. The second-order valence-electron chi connectivity index (χ2n) is 10.6. The van der Waals surface area contributed by atoms with Gasteiger partial charge in [0.2, 0.25) is 5.13 Å². The van der Waals surface area contributed by atoms with E-state index in [9.17, 15) is 18.1 Å². The van der Waals surface area contributed by atoms with Crippen molar-refractivity contribution in [2.24, 2.45) is 11.3 Å². The van der Waals surface area contributed by atoms with Crippen LogP contribution in [0.3, 0.4) is 0 Å². The smallest absolute Gasteiger partial charge is 0.269 e. The molecule has 0 radical (unpaired) electrons. The molecule has 210 valence electrons. The van der Waals surface area contributed by atoms with Gasteiger partial charge in [0.25, 0.3) is 10.0 Å². The number of sulfonamides is 1. The van der Waals surface area contributed by atoms with Crippen molar-refractivity contribution in [3.8, 4) is 11.8 Å². The average Bonchev–Trinajstić information content (AvgIpc) is 3.30. The van der Waals surface area contributed by atoms with Crippen LogP contribution in [0.4, 0.5) is 19.6 Å². The number of hydrogen-bond acceptors (Lipinski definition) is 7. The van der Waals surface area contributed by atoms with Gasteiger partial charge in [0, 0.05) is 6.54 Å². The molecule has 0 aliphatic rings. The number of nitriles is 1. The van der Waals surface area contributed by atoms with Gasteiger partial charge in [-0.1, -0.05) is 51.5 Å². The molecular formula is C28H34F2N4O3S2. The SMILES string of the molecule is CC[C@H](CNc1cc(F)c(S(=O)(=O)N(Cc2ccc(OC)cc2C)c2ncc(F)s2)cc1C#N)CC(C)(C)C. The first-order valence-corrected chi connectivity index (χ1v) is 14.8. The molecule has 0 aliphatic carbocycles. The molecule has 0 spiro atoms. The third-order valence-corrected chi connectivity index (χ3v) is 9.04. The standard InChI is InChI=1S/C28H34F2N4O3S2/c1-7-19(13-28(3,4)5)15-32-24-12-23(29)25(11-21(24)14-31)39(35,36)34(27-33-16-26(30)38-27)17-20-8-9-22(37-6)10-18(20)2/h8-12,16,19,32H,7,13,15,17H2,1-6H3/t19-/m0/s1. The summed E-state index contributed by atoms with van der Waals surface area (Å²) < 4.78 is 63.1. The first-order chi connectivity index (χ1) is 18.3. The molecule has 0 unspecified atom stereocenters. The number of thiazole rings is 1. The number of nitrogens with one attached hydrogen (secondary N) is 1. The van der Waals surface area contributed by atoms with Crippen LogP contribution in [-0.2, 0) is 16.6 Å². The summed E-state index contributed by atoms with van der Waals surface area (Å²) in [6.07, 6.45) is 2.73. The summed E-state index contributed by atoms with van der Waals surface area (Å²) in [6, 6.07) is 9.14. The Hall–Kier alpha value is -3.23. The Kier molecular flexibility index (Phi) is 9.56.